The Balaban J connectivity index is 1.96. The number of pyridine rings is 1. The predicted molar refractivity (Wildman–Crippen MR) is 66.4 cm³/mol. The molecule has 4 nitrogen and oxygen atoms in total. The molecular weight excluding hydrogens is 232 g/mol. The lowest BCUT2D eigenvalue weighted by Crippen LogP contribution is -1.93. The molecule has 0 N–H and O–H groups in total. The molecule has 82 valence electrons. The van der Waals surface area contributed by atoms with Gasteiger partial charge in [-0.25, -0.2) is 4.98 Å². The SMILES string of the molecule is c1cncc(-c2ncc(-c3cccs3)nn2)c1. The Morgan fingerprint density at radius 1 is 1.00 bits per heavy atom. The Bertz CT molecular complexity index is 590. The first-order chi connectivity index (χ1) is 8.43. The van der Waals surface area contributed by atoms with Crippen LogP contribution in [0.1, 0.15) is 0 Å². The van der Waals surface area contributed by atoms with E-state index in [4.69, 9.17) is 0 Å². The van der Waals surface area contributed by atoms with Crippen molar-refractivity contribution in [3.8, 4) is 22.0 Å². The maximum Gasteiger partial charge on any atom is 0.183 e. The summed E-state index contributed by atoms with van der Waals surface area (Å²) in [6.45, 7) is 0. The van der Waals surface area contributed by atoms with Crippen molar-refractivity contribution in [1.29, 1.82) is 0 Å². The van der Waals surface area contributed by atoms with Gasteiger partial charge in [-0.05, 0) is 23.6 Å². The van der Waals surface area contributed by atoms with Gasteiger partial charge in [-0.15, -0.1) is 21.5 Å². The van der Waals surface area contributed by atoms with Crippen molar-refractivity contribution in [1.82, 2.24) is 20.2 Å². The first kappa shape index (κ1) is 10.0. The molecule has 0 aliphatic carbocycles. The van der Waals surface area contributed by atoms with Gasteiger partial charge in [0.2, 0.25) is 0 Å². The Hall–Kier alpha value is -2.14. The van der Waals surface area contributed by atoms with Crippen LogP contribution in [-0.2, 0) is 0 Å². The molecule has 3 aromatic rings. The van der Waals surface area contributed by atoms with E-state index in [1.54, 1.807) is 29.9 Å². The van der Waals surface area contributed by atoms with E-state index in [-0.39, 0.29) is 0 Å². The van der Waals surface area contributed by atoms with Crippen molar-refractivity contribution in [2.24, 2.45) is 0 Å². The van der Waals surface area contributed by atoms with E-state index in [1.807, 2.05) is 29.6 Å². The van der Waals surface area contributed by atoms with Crippen LogP contribution in [0.15, 0.2) is 48.2 Å². The van der Waals surface area contributed by atoms with Crippen molar-refractivity contribution >= 4 is 11.3 Å². The Morgan fingerprint density at radius 2 is 2.00 bits per heavy atom. The van der Waals surface area contributed by atoms with Crippen molar-refractivity contribution in [3.63, 3.8) is 0 Å². The third-order valence-electron chi connectivity index (χ3n) is 2.25. The third kappa shape index (κ3) is 2.05. The number of hydrogen-bond donors (Lipinski definition) is 0. The van der Waals surface area contributed by atoms with E-state index in [9.17, 15) is 0 Å². The molecule has 17 heavy (non-hydrogen) atoms. The average molecular weight is 240 g/mol. The number of aromatic nitrogens is 4. The summed E-state index contributed by atoms with van der Waals surface area (Å²) in [5.41, 5.74) is 1.67. The molecule has 3 heterocycles. The highest BCUT2D eigenvalue weighted by Crippen LogP contribution is 2.22. The summed E-state index contributed by atoms with van der Waals surface area (Å²) < 4.78 is 0. The number of hydrogen-bond acceptors (Lipinski definition) is 5. The lowest BCUT2D eigenvalue weighted by molar-refractivity contribution is 0.987. The molecule has 0 radical (unpaired) electrons. The van der Waals surface area contributed by atoms with Gasteiger partial charge in [0.05, 0.1) is 11.1 Å². The molecule has 0 unspecified atom stereocenters. The summed E-state index contributed by atoms with van der Waals surface area (Å²) in [6.07, 6.45) is 5.18. The van der Waals surface area contributed by atoms with E-state index < -0.39 is 0 Å². The second-order valence-electron chi connectivity index (χ2n) is 3.39. The van der Waals surface area contributed by atoms with Gasteiger partial charge in [-0.2, -0.15) is 0 Å². The van der Waals surface area contributed by atoms with Crippen LogP contribution in [0.5, 0.6) is 0 Å². The highest BCUT2D eigenvalue weighted by molar-refractivity contribution is 7.13. The molecule has 0 atom stereocenters. The Kier molecular flexibility index (Phi) is 2.59. The smallest absolute Gasteiger partial charge is 0.183 e. The summed E-state index contributed by atoms with van der Waals surface area (Å²) in [5.74, 6) is 0.596. The van der Waals surface area contributed by atoms with E-state index in [0.717, 1.165) is 16.1 Å². The average Bonchev–Trinajstić information content (AvgIpc) is 2.94. The van der Waals surface area contributed by atoms with Crippen LogP contribution >= 0.6 is 11.3 Å². The first-order valence-electron chi connectivity index (χ1n) is 5.07. The standard InChI is InChI=1S/C12H8N4S/c1-3-9(7-13-5-1)12-14-8-10(15-16-12)11-4-2-6-17-11/h1-8H. The zero-order chi connectivity index (χ0) is 11.5. The molecule has 0 bridgehead atoms. The number of thiophene rings is 1. The molecule has 0 aromatic carbocycles. The second kappa shape index (κ2) is 4.39. The second-order valence-corrected chi connectivity index (χ2v) is 4.33. The number of nitrogens with zero attached hydrogens (tertiary/aromatic N) is 4. The molecule has 0 aliphatic heterocycles. The maximum atomic E-state index is 4.30. The van der Waals surface area contributed by atoms with Gasteiger partial charge in [0.25, 0.3) is 0 Å². The van der Waals surface area contributed by atoms with Crippen LogP contribution in [0.25, 0.3) is 22.0 Å². The molecule has 0 aliphatic rings. The van der Waals surface area contributed by atoms with Crippen molar-refractivity contribution in [2.45, 2.75) is 0 Å². The molecular formula is C12H8N4S. The Labute approximate surface area is 102 Å². The normalized spacial score (nSPS) is 10.4. The zero-order valence-electron chi connectivity index (χ0n) is 8.82. The van der Waals surface area contributed by atoms with Crippen LogP contribution < -0.4 is 0 Å². The summed E-state index contributed by atoms with van der Waals surface area (Å²) in [6, 6.07) is 7.75. The van der Waals surface area contributed by atoms with Crippen LogP contribution in [0, 0.1) is 0 Å². The largest absolute Gasteiger partial charge is 0.264 e. The zero-order valence-corrected chi connectivity index (χ0v) is 9.63. The fraction of sp³-hybridized carbons (Fsp3) is 0. The third-order valence-corrected chi connectivity index (χ3v) is 3.15. The monoisotopic (exact) mass is 240 g/mol. The summed E-state index contributed by atoms with van der Waals surface area (Å²) in [4.78, 5) is 9.40. The minimum atomic E-state index is 0.596. The van der Waals surface area contributed by atoms with E-state index in [1.165, 1.54) is 0 Å². The lowest BCUT2D eigenvalue weighted by Gasteiger charge is -1.99. The summed E-state index contributed by atoms with van der Waals surface area (Å²) >= 11 is 1.62. The maximum absolute atomic E-state index is 4.30. The van der Waals surface area contributed by atoms with Gasteiger partial charge in [0.15, 0.2) is 5.82 Å². The molecule has 3 aromatic heterocycles. The van der Waals surface area contributed by atoms with Crippen molar-refractivity contribution in [3.05, 3.63) is 48.2 Å². The highest BCUT2D eigenvalue weighted by atomic mass is 32.1. The van der Waals surface area contributed by atoms with Gasteiger partial charge in [-0.3, -0.25) is 4.98 Å². The van der Waals surface area contributed by atoms with E-state index in [0.29, 0.717) is 5.82 Å². The van der Waals surface area contributed by atoms with E-state index in [2.05, 4.69) is 20.2 Å². The van der Waals surface area contributed by atoms with Gasteiger partial charge in [0.1, 0.15) is 5.69 Å². The molecule has 0 saturated heterocycles. The van der Waals surface area contributed by atoms with Crippen LogP contribution in [0.3, 0.4) is 0 Å². The lowest BCUT2D eigenvalue weighted by atomic mass is 10.3. The number of rotatable bonds is 2. The summed E-state index contributed by atoms with van der Waals surface area (Å²) in [7, 11) is 0. The molecule has 0 saturated carbocycles. The van der Waals surface area contributed by atoms with Crippen LogP contribution in [-0.4, -0.2) is 20.2 Å². The van der Waals surface area contributed by atoms with Gasteiger partial charge >= 0.3 is 0 Å². The predicted octanol–water partition coefficient (Wildman–Crippen LogP) is 2.66. The highest BCUT2D eigenvalue weighted by Gasteiger charge is 2.04. The van der Waals surface area contributed by atoms with E-state index >= 15 is 0 Å². The van der Waals surface area contributed by atoms with Crippen molar-refractivity contribution < 1.29 is 0 Å². The topological polar surface area (TPSA) is 51.6 Å². The van der Waals surface area contributed by atoms with Gasteiger partial charge in [0, 0.05) is 18.0 Å². The Morgan fingerprint density at radius 3 is 2.65 bits per heavy atom. The summed E-state index contributed by atoms with van der Waals surface area (Å²) in [5, 5.41) is 10.3. The van der Waals surface area contributed by atoms with Crippen molar-refractivity contribution in [2.75, 3.05) is 0 Å². The van der Waals surface area contributed by atoms with Gasteiger partial charge < -0.3 is 0 Å². The molecule has 3 rings (SSSR count). The van der Waals surface area contributed by atoms with Gasteiger partial charge in [-0.1, -0.05) is 6.07 Å². The minimum absolute atomic E-state index is 0.596. The van der Waals surface area contributed by atoms with Crippen LogP contribution in [0.2, 0.25) is 0 Å². The molecule has 0 spiro atoms. The molecule has 0 amide bonds. The fourth-order valence-electron chi connectivity index (χ4n) is 1.44. The minimum Gasteiger partial charge on any atom is -0.264 e. The fourth-order valence-corrected chi connectivity index (χ4v) is 2.11. The first-order valence-corrected chi connectivity index (χ1v) is 5.95. The molecule has 5 heteroatoms. The quantitative estimate of drug-likeness (QED) is 0.691. The molecule has 0 fully saturated rings. The van der Waals surface area contributed by atoms with Crippen LogP contribution in [0.4, 0.5) is 0 Å².